The first-order valence-corrected chi connectivity index (χ1v) is 7.99. The fraction of sp³-hybridized carbons (Fsp3) is 0.235. The van der Waals surface area contributed by atoms with Gasteiger partial charge >= 0.3 is 0 Å². The van der Waals surface area contributed by atoms with E-state index in [9.17, 15) is 4.79 Å². The summed E-state index contributed by atoms with van der Waals surface area (Å²) in [5.74, 6) is 0.241. The van der Waals surface area contributed by atoms with E-state index in [2.05, 4.69) is 20.6 Å². The molecule has 0 aliphatic rings. The number of aryl methyl sites for hydroxylation is 2. The Balaban J connectivity index is 1.82. The molecule has 8 heteroatoms. The van der Waals surface area contributed by atoms with Gasteiger partial charge in [-0.05, 0) is 38.1 Å². The molecule has 25 heavy (non-hydrogen) atoms. The van der Waals surface area contributed by atoms with Crippen LogP contribution in [0.5, 0.6) is 5.75 Å². The van der Waals surface area contributed by atoms with Crippen LogP contribution >= 0.6 is 11.6 Å². The summed E-state index contributed by atoms with van der Waals surface area (Å²) in [6.45, 7) is 3.87. The van der Waals surface area contributed by atoms with Crippen molar-refractivity contribution in [2.75, 3.05) is 12.4 Å². The number of nitrogens with one attached hydrogen (secondary N) is 2. The molecule has 0 fully saturated rings. The minimum Gasteiger partial charge on any atom is -0.495 e. The Hall–Kier alpha value is -2.80. The van der Waals surface area contributed by atoms with Crippen molar-refractivity contribution in [1.29, 1.82) is 0 Å². The highest BCUT2D eigenvalue weighted by Crippen LogP contribution is 2.28. The van der Waals surface area contributed by atoms with E-state index in [-0.39, 0.29) is 5.91 Å². The minimum absolute atomic E-state index is 0.306. The van der Waals surface area contributed by atoms with Gasteiger partial charge < -0.3 is 10.1 Å². The summed E-state index contributed by atoms with van der Waals surface area (Å²) in [6, 6.07) is 6.75. The van der Waals surface area contributed by atoms with Crippen LogP contribution < -0.4 is 10.1 Å². The van der Waals surface area contributed by atoms with Gasteiger partial charge in [-0.25, -0.2) is 0 Å². The van der Waals surface area contributed by atoms with Gasteiger partial charge in [0.1, 0.15) is 11.4 Å². The van der Waals surface area contributed by atoms with Crippen LogP contribution in [0.15, 0.2) is 24.3 Å². The lowest BCUT2D eigenvalue weighted by atomic mass is 10.1. The topological polar surface area (TPSA) is 84.8 Å². The zero-order valence-electron chi connectivity index (χ0n) is 14.3. The van der Waals surface area contributed by atoms with Crippen LogP contribution in [-0.4, -0.2) is 33.0 Å². The molecule has 0 bridgehead atoms. The van der Waals surface area contributed by atoms with Crippen molar-refractivity contribution in [1.82, 2.24) is 20.0 Å². The zero-order chi connectivity index (χ0) is 18.1. The number of carbonyl (C=O) groups is 1. The Kier molecular flexibility index (Phi) is 4.50. The first-order valence-electron chi connectivity index (χ1n) is 7.61. The Morgan fingerprint density at radius 2 is 2.08 bits per heavy atom. The fourth-order valence-electron chi connectivity index (χ4n) is 2.65. The number of H-pyrrole nitrogens is 1. The maximum absolute atomic E-state index is 12.4. The largest absolute Gasteiger partial charge is 0.495 e. The molecule has 1 amide bonds. The maximum atomic E-state index is 12.4. The number of ether oxygens (including phenoxy) is 1. The summed E-state index contributed by atoms with van der Waals surface area (Å²) < 4.78 is 6.89. The third-order valence-corrected chi connectivity index (χ3v) is 4.29. The molecule has 2 heterocycles. The number of hydrogen-bond donors (Lipinski definition) is 2. The van der Waals surface area contributed by atoms with E-state index in [1.165, 1.54) is 7.11 Å². The molecule has 0 radical (unpaired) electrons. The van der Waals surface area contributed by atoms with Crippen molar-refractivity contribution >= 4 is 23.2 Å². The van der Waals surface area contributed by atoms with E-state index in [0.29, 0.717) is 27.8 Å². The number of aromatic amines is 1. The lowest BCUT2D eigenvalue weighted by molar-refractivity contribution is 0.102. The Morgan fingerprint density at radius 3 is 2.68 bits per heavy atom. The SMILES string of the molecule is COc1ccc(NC(=O)c2cc(-c3c(C)nn(C)c3C)n[nH]2)cc1Cl. The summed E-state index contributed by atoms with van der Waals surface area (Å²) in [5, 5.41) is 14.6. The summed E-state index contributed by atoms with van der Waals surface area (Å²) in [7, 11) is 3.41. The number of methoxy groups -OCH3 is 1. The van der Waals surface area contributed by atoms with Crippen LogP contribution in [0.3, 0.4) is 0 Å². The molecule has 0 saturated heterocycles. The lowest BCUT2D eigenvalue weighted by Crippen LogP contribution is -2.12. The molecular weight excluding hydrogens is 342 g/mol. The number of nitrogens with zero attached hydrogens (tertiary/aromatic N) is 3. The normalized spacial score (nSPS) is 10.8. The van der Waals surface area contributed by atoms with Gasteiger partial charge in [-0.3, -0.25) is 14.6 Å². The van der Waals surface area contributed by atoms with Crippen LogP contribution in [0.4, 0.5) is 5.69 Å². The van der Waals surface area contributed by atoms with Crippen LogP contribution in [0.1, 0.15) is 21.9 Å². The quantitative estimate of drug-likeness (QED) is 0.748. The van der Waals surface area contributed by atoms with E-state index >= 15 is 0 Å². The number of aromatic nitrogens is 4. The number of amides is 1. The second-order valence-electron chi connectivity index (χ2n) is 5.64. The first-order chi connectivity index (χ1) is 11.9. The van der Waals surface area contributed by atoms with E-state index < -0.39 is 0 Å². The molecular formula is C17H18ClN5O2. The smallest absolute Gasteiger partial charge is 0.273 e. The molecule has 3 rings (SSSR count). The van der Waals surface area contributed by atoms with Crippen molar-refractivity contribution < 1.29 is 9.53 Å². The number of anilines is 1. The second kappa shape index (κ2) is 6.60. The molecule has 0 saturated carbocycles. The highest BCUT2D eigenvalue weighted by Gasteiger charge is 2.17. The summed E-state index contributed by atoms with van der Waals surface area (Å²) in [6.07, 6.45) is 0. The van der Waals surface area contributed by atoms with Gasteiger partial charge in [0.05, 0.1) is 23.5 Å². The second-order valence-corrected chi connectivity index (χ2v) is 6.05. The highest BCUT2D eigenvalue weighted by molar-refractivity contribution is 6.32. The van der Waals surface area contributed by atoms with Gasteiger partial charge in [-0.2, -0.15) is 10.2 Å². The molecule has 0 unspecified atom stereocenters. The van der Waals surface area contributed by atoms with E-state index in [0.717, 1.165) is 17.0 Å². The average molecular weight is 360 g/mol. The maximum Gasteiger partial charge on any atom is 0.273 e. The molecule has 130 valence electrons. The van der Waals surface area contributed by atoms with E-state index in [1.54, 1.807) is 28.9 Å². The van der Waals surface area contributed by atoms with Crippen molar-refractivity contribution in [3.8, 4) is 17.0 Å². The van der Waals surface area contributed by atoms with Gasteiger partial charge in [0, 0.05) is 24.0 Å². The molecule has 0 aliphatic heterocycles. The number of halogens is 1. The zero-order valence-corrected chi connectivity index (χ0v) is 15.1. The molecule has 0 aliphatic carbocycles. The number of carbonyl (C=O) groups excluding carboxylic acids is 1. The number of rotatable bonds is 4. The predicted molar refractivity (Wildman–Crippen MR) is 96.2 cm³/mol. The number of hydrogen-bond acceptors (Lipinski definition) is 4. The van der Waals surface area contributed by atoms with Crippen LogP contribution in [0.25, 0.3) is 11.3 Å². The van der Waals surface area contributed by atoms with Crippen LogP contribution in [0.2, 0.25) is 5.02 Å². The average Bonchev–Trinajstić information content (AvgIpc) is 3.13. The van der Waals surface area contributed by atoms with Gasteiger partial charge in [0.25, 0.3) is 5.91 Å². The molecule has 2 N–H and O–H groups in total. The third-order valence-electron chi connectivity index (χ3n) is 4.00. The van der Waals surface area contributed by atoms with Gasteiger partial charge in [-0.15, -0.1) is 0 Å². The Bertz CT molecular complexity index is 945. The lowest BCUT2D eigenvalue weighted by Gasteiger charge is -2.07. The fourth-order valence-corrected chi connectivity index (χ4v) is 2.91. The molecule has 7 nitrogen and oxygen atoms in total. The summed E-state index contributed by atoms with van der Waals surface area (Å²) in [4.78, 5) is 12.4. The van der Waals surface area contributed by atoms with Crippen molar-refractivity contribution in [2.24, 2.45) is 7.05 Å². The van der Waals surface area contributed by atoms with E-state index in [4.69, 9.17) is 16.3 Å². The van der Waals surface area contributed by atoms with Crippen molar-refractivity contribution in [2.45, 2.75) is 13.8 Å². The van der Waals surface area contributed by atoms with Gasteiger partial charge in [-0.1, -0.05) is 11.6 Å². The third kappa shape index (κ3) is 3.23. The summed E-state index contributed by atoms with van der Waals surface area (Å²) >= 11 is 6.07. The summed E-state index contributed by atoms with van der Waals surface area (Å²) in [5.41, 5.74) is 4.37. The standard InChI is InChI=1S/C17H18ClN5O2/c1-9-16(10(2)23(3)22-9)13-8-14(21-20-13)17(24)19-11-5-6-15(25-4)12(18)7-11/h5-8H,1-4H3,(H,19,24)(H,20,21). The Morgan fingerprint density at radius 1 is 1.32 bits per heavy atom. The van der Waals surface area contributed by atoms with Crippen molar-refractivity contribution in [3.05, 3.63) is 46.4 Å². The van der Waals surface area contributed by atoms with Gasteiger partial charge in [0.15, 0.2) is 0 Å². The van der Waals surface area contributed by atoms with Crippen LogP contribution in [-0.2, 0) is 7.05 Å². The molecule has 0 spiro atoms. The highest BCUT2D eigenvalue weighted by atomic mass is 35.5. The first kappa shape index (κ1) is 17.0. The molecule has 2 aromatic heterocycles. The van der Waals surface area contributed by atoms with E-state index in [1.807, 2.05) is 20.9 Å². The minimum atomic E-state index is -0.306. The van der Waals surface area contributed by atoms with Crippen molar-refractivity contribution in [3.63, 3.8) is 0 Å². The predicted octanol–water partition coefficient (Wildman–Crippen LogP) is 3.34. The molecule has 3 aromatic rings. The Labute approximate surface area is 150 Å². The van der Waals surface area contributed by atoms with Crippen LogP contribution in [0, 0.1) is 13.8 Å². The number of benzene rings is 1. The monoisotopic (exact) mass is 359 g/mol. The van der Waals surface area contributed by atoms with Gasteiger partial charge in [0.2, 0.25) is 0 Å². The molecule has 1 aromatic carbocycles. The molecule has 0 atom stereocenters.